The second kappa shape index (κ2) is 7.85. The van der Waals surface area contributed by atoms with Crippen LogP contribution in [0.25, 0.3) is 0 Å². The molecule has 2 aromatic carbocycles. The van der Waals surface area contributed by atoms with Gasteiger partial charge in [-0.2, -0.15) is 8.78 Å². The molecule has 0 saturated carbocycles. The van der Waals surface area contributed by atoms with E-state index in [9.17, 15) is 27.2 Å². The van der Waals surface area contributed by atoms with Crippen LogP contribution in [0, 0.1) is 0 Å². The summed E-state index contributed by atoms with van der Waals surface area (Å²) in [4.78, 5) is 23.5. The zero-order chi connectivity index (χ0) is 19.3. The van der Waals surface area contributed by atoms with Gasteiger partial charge in [-0.25, -0.2) is 8.78 Å². The molecule has 0 unspecified atom stereocenters. The monoisotopic (exact) mass is 370 g/mol. The van der Waals surface area contributed by atoms with Crippen LogP contribution in [0.4, 0.5) is 23.2 Å². The average molecular weight is 370 g/mol. The molecule has 0 spiro atoms. The maximum atomic E-state index is 13.1. The van der Waals surface area contributed by atoms with Crippen LogP contribution >= 0.6 is 0 Å². The van der Waals surface area contributed by atoms with Gasteiger partial charge in [-0.1, -0.05) is 18.2 Å². The molecule has 0 saturated heterocycles. The number of ether oxygens (including phenoxy) is 1. The maximum absolute atomic E-state index is 13.1. The third kappa shape index (κ3) is 4.71. The third-order valence-electron chi connectivity index (χ3n) is 3.29. The summed E-state index contributed by atoms with van der Waals surface area (Å²) < 4.78 is 55.4. The largest absolute Gasteiger partial charge is 0.485 e. The van der Waals surface area contributed by atoms with Gasteiger partial charge in [0.15, 0.2) is 6.61 Å². The fourth-order valence-corrected chi connectivity index (χ4v) is 1.93. The van der Waals surface area contributed by atoms with E-state index >= 15 is 0 Å². The van der Waals surface area contributed by atoms with E-state index in [4.69, 9.17) is 10.5 Å². The lowest BCUT2D eigenvalue weighted by molar-refractivity contribution is -0.148. The molecule has 5 nitrogen and oxygen atoms in total. The molecule has 0 radical (unpaired) electrons. The lowest BCUT2D eigenvalue weighted by Crippen LogP contribution is -2.34. The van der Waals surface area contributed by atoms with E-state index in [2.05, 4.69) is 5.32 Å². The number of rotatable bonds is 7. The Morgan fingerprint density at radius 1 is 1.08 bits per heavy atom. The van der Waals surface area contributed by atoms with Gasteiger partial charge in [0.25, 0.3) is 5.91 Å². The Labute approximate surface area is 145 Å². The summed E-state index contributed by atoms with van der Waals surface area (Å²) in [6.07, 6.45) is -3.91. The van der Waals surface area contributed by atoms with Gasteiger partial charge in [-0.15, -0.1) is 0 Å². The molecule has 0 aliphatic rings. The van der Waals surface area contributed by atoms with E-state index in [1.165, 1.54) is 12.1 Å². The number of anilines is 1. The number of carbonyl (C=O) groups excluding carboxylic acids is 2. The highest BCUT2D eigenvalue weighted by molar-refractivity contribution is 6.05. The highest BCUT2D eigenvalue weighted by Gasteiger charge is 2.41. The Balaban J connectivity index is 2.27. The molecule has 138 valence electrons. The summed E-state index contributed by atoms with van der Waals surface area (Å²) in [6.45, 7) is -1.60. The molecule has 0 heterocycles. The molecule has 0 aromatic heterocycles. The number of alkyl halides is 4. The SMILES string of the molecule is NC(=O)c1ccc(OCC(F)(F)C(F)F)c(NC(=O)c2ccccc2)c1. The van der Waals surface area contributed by atoms with E-state index < -0.39 is 30.8 Å². The quantitative estimate of drug-likeness (QED) is 0.734. The predicted molar refractivity (Wildman–Crippen MR) is 85.8 cm³/mol. The van der Waals surface area contributed by atoms with E-state index in [0.29, 0.717) is 0 Å². The summed E-state index contributed by atoms with van der Waals surface area (Å²) in [6, 6.07) is 11.3. The van der Waals surface area contributed by atoms with Crippen molar-refractivity contribution < 1.29 is 31.9 Å². The standard InChI is InChI=1S/C17H14F4N2O3/c18-16(19)17(20,21)9-26-13-7-6-11(14(22)24)8-12(13)23-15(25)10-4-2-1-3-5-10/h1-8,16H,9H2,(H2,22,24)(H,23,25). The Hall–Kier alpha value is -3.10. The minimum Gasteiger partial charge on any atom is -0.485 e. The van der Waals surface area contributed by atoms with Crippen LogP contribution < -0.4 is 15.8 Å². The van der Waals surface area contributed by atoms with Gasteiger partial charge in [0.1, 0.15) is 5.75 Å². The van der Waals surface area contributed by atoms with E-state index in [1.54, 1.807) is 18.2 Å². The molecule has 2 rings (SSSR count). The molecule has 2 amide bonds. The van der Waals surface area contributed by atoms with Crippen molar-refractivity contribution in [3.63, 3.8) is 0 Å². The van der Waals surface area contributed by atoms with Gasteiger partial charge < -0.3 is 15.8 Å². The molecule has 3 N–H and O–H groups in total. The lowest BCUT2D eigenvalue weighted by Gasteiger charge is -2.18. The van der Waals surface area contributed by atoms with Gasteiger partial charge in [0.05, 0.1) is 5.69 Å². The van der Waals surface area contributed by atoms with Crippen LogP contribution in [0.3, 0.4) is 0 Å². The fourth-order valence-electron chi connectivity index (χ4n) is 1.93. The van der Waals surface area contributed by atoms with Crippen LogP contribution in [0.5, 0.6) is 5.75 Å². The van der Waals surface area contributed by atoms with Crippen molar-refractivity contribution in [1.29, 1.82) is 0 Å². The van der Waals surface area contributed by atoms with Crippen LogP contribution in [0.2, 0.25) is 0 Å². The average Bonchev–Trinajstić information content (AvgIpc) is 2.61. The second-order valence-electron chi connectivity index (χ2n) is 5.25. The van der Waals surface area contributed by atoms with Crippen molar-refractivity contribution in [3.8, 4) is 5.75 Å². The highest BCUT2D eigenvalue weighted by atomic mass is 19.3. The number of benzene rings is 2. The van der Waals surface area contributed by atoms with Crippen molar-refractivity contribution in [2.24, 2.45) is 5.73 Å². The zero-order valence-electron chi connectivity index (χ0n) is 13.2. The lowest BCUT2D eigenvalue weighted by atomic mass is 10.1. The summed E-state index contributed by atoms with van der Waals surface area (Å²) in [5.41, 5.74) is 5.22. The molecule has 0 aliphatic carbocycles. The van der Waals surface area contributed by atoms with Crippen LogP contribution in [0.1, 0.15) is 20.7 Å². The van der Waals surface area contributed by atoms with Crippen molar-refractivity contribution in [3.05, 3.63) is 59.7 Å². The second-order valence-corrected chi connectivity index (χ2v) is 5.25. The first-order valence-electron chi connectivity index (χ1n) is 7.30. The number of carbonyl (C=O) groups is 2. The molecule has 26 heavy (non-hydrogen) atoms. The van der Waals surface area contributed by atoms with Gasteiger partial charge in [0, 0.05) is 11.1 Å². The molecule has 0 aliphatic heterocycles. The van der Waals surface area contributed by atoms with Crippen LogP contribution in [-0.2, 0) is 0 Å². The Kier molecular flexibility index (Phi) is 5.81. The Bertz CT molecular complexity index is 798. The predicted octanol–water partition coefficient (Wildman–Crippen LogP) is 3.32. The van der Waals surface area contributed by atoms with Gasteiger partial charge in [0.2, 0.25) is 5.91 Å². The molecule has 0 bridgehead atoms. The van der Waals surface area contributed by atoms with Crippen molar-refractivity contribution in [2.45, 2.75) is 12.3 Å². The number of amides is 2. The number of primary amides is 1. The van der Waals surface area contributed by atoms with Crippen molar-refractivity contribution in [2.75, 3.05) is 11.9 Å². The van der Waals surface area contributed by atoms with Crippen LogP contribution in [0.15, 0.2) is 48.5 Å². The fraction of sp³-hybridized carbons (Fsp3) is 0.176. The number of halogens is 4. The van der Waals surface area contributed by atoms with Crippen molar-refractivity contribution in [1.82, 2.24) is 0 Å². The van der Waals surface area contributed by atoms with E-state index in [-0.39, 0.29) is 22.6 Å². The highest BCUT2D eigenvalue weighted by Crippen LogP contribution is 2.30. The maximum Gasteiger partial charge on any atom is 0.340 e. The molecule has 0 fully saturated rings. The molecular formula is C17H14F4N2O3. The number of hydrogen-bond acceptors (Lipinski definition) is 3. The minimum atomic E-state index is -4.37. The summed E-state index contributed by atoms with van der Waals surface area (Å²) in [5, 5.41) is 2.38. The number of nitrogens with two attached hydrogens (primary N) is 1. The Morgan fingerprint density at radius 2 is 1.73 bits per heavy atom. The van der Waals surface area contributed by atoms with E-state index in [1.807, 2.05) is 0 Å². The first-order valence-corrected chi connectivity index (χ1v) is 7.30. The zero-order valence-corrected chi connectivity index (χ0v) is 13.2. The molecule has 2 aromatic rings. The Morgan fingerprint density at radius 3 is 2.31 bits per heavy atom. The smallest absolute Gasteiger partial charge is 0.340 e. The van der Waals surface area contributed by atoms with Gasteiger partial charge >= 0.3 is 12.3 Å². The molecular weight excluding hydrogens is 356 g/mol. The topological polar surface area (TPSA) is 81.4 Å². The van der Waals surface area contributed by atoms with Crippen LogP contribution in [-0.4, -0.2) is 30.8 Å². The third-order valence-corrected chi connectivity index (χ3v) is 3.29. The normalized spacial score (nSPS) is 11.3. The van der Waals surface area contributed by atoms with Gasteiger partial charge in [-0.05, 0) is 30.3 Å². The summed E-state index contributed by atoms with van der Waals surface area (Å²) >= 11 is 0. The first-order chi connectivity index (χ1) is 12.2. The summed E-state index contributed by atoms with van der Waals surface area (Å²) in [5.74, 6) is -6.12. The number of hydrogen-bond donors (Lipinski definition) is 2. The van der Waals surface area contributed by atoms with Crippen molar-refractivity contribution >= 4 is 17.5 Å². The summed E-state index contributed by atoms with van der Waals surface area (Å²) in [7, 11) is 0. The first kappa shape index (κ1) is 19.2. The molecule has 9 heteroatoms. The molecule has 0 atom stereocenters. The van der Waals surface area contributed by atoms with Gasteiger partial charge in [-0.3, -0.25) is 9.59 Å². The van der Waals surface area contributed by atoms with E-state index in [0.717, 1.165) is 18.2 Å². The minimum absolute atomic E-state index is 0.0265. The number of nitrogens with one attached hydrogen (secondary N) is 1.